The molecule has 7 heteroatoms. The number of carbonyl (C=O) groups is 2. The lowest BCUT2D eigenvalue weighted by Gasteiger charge is -2.26. The highest BCUT2D eigenvalue weighted by molar-refractivity contribution is 7.99. The van der Waals surface area contributed by atoms with Crippen molar-refractivity contribution in [2.75, 3.05) is 5.75 Å². The van der Waals surface area contributed by atoms with Gasteiger partial charge in [-0.1, -0.05) is 18.2 Å². The third kappa shape index (κ3) is 4.42. The largest absolute Gasteiger partial charge is 0.480 e. The second-order valence-corrected chi connectivity index (χ2v) is 7.03. The molecule has 1 fully saturated rings. The smallest absolute Gasteiger partial charge is 0.326 e. The standard InChI is InChI=1S/C18H20N2O4S/c1-12(18(22)23)20(15-7-8-15)16(21)11-25-10-14-9-24-17(19-14)13-5-3-2-4-6-13/h2-6,9,12,15H,7-8,10-11H2,1H3,(H,22,23). The number of carboxylic acid groups (broad SMARTS) is 1. The molecule has 2 aromatic rings. The van der Waals surface area contributed by atoms with Gasteiger partial charge in [0, 0.05) is 17.4 Å². The lowest BCUT2D eigenvalue weighted by molar-refractivity contribution is -0.148. The normalized spacial score (nSPS) is 14.9. The Labute approximate surface area is 150 Å². The quantitative estimate of drug-likeness (QED) is 0.779. The second kappa shape index (κ2) is 7.74. The van der Waals surface area contributed by atoms with Crippen molar-refractivity contribution in [3.05, 3.63) is 42.3 Å². The van der Waals surface area contributed by atoms with E-state index in [1.807, 2.05) is 30.3 Å². The van der Waals surface area contributed by atoms with Gasteiger partial charge >= 0.3 is 5.97 Å². The monoisotopic (exact) mass is 360 g/mol. The third-order valence-corrected chi connectivity index (χ3v) is 5.00. The molecule has 1 aromatic carbocycles. The van der Waals surface area contributed by atoms with Crippen molar-refractivity contribution in [1.82, 2.24) is 9.88 Å². The van der Waals surface area contributed by atoms with Gasteiger partial charge in [-0.25, -0.2) is 9.78 Å². The molecule has 132 valence electrons. The number of hydrogen-bond donors (Lipinski definition) is 1. The molecule has 1 aliphatic carbocycles. The first kappa shape index (κ1) is 17.5. The topological polar surface area (TPSA) is 83.6 Å². The summed E-state index contributed by atoms with van der Waals surface area (Å²) < 4.78 is 5.48. The highest BCUT2D eigenvalue weighted by Crippen LogP contribution is 2.30. The maximum Gasteiger partial charge on any atom is 0.326 e. The van der Waals surface area contributed by atoms with Crippen molar-refractivity contribution in [3.8, 4) is 11.5 Å². The Morgan fingerprint density at radius 3 is 2.72 bits per heavy atom. The van der Waals surface area contributed by atoms with Gasteiger partial charge in [-0.3, -0.25) is 4.79 Å². The van der Waals surface area contributed by atoms with Crippen LogP contribution in [0.1, 0.15) is 25.5 Å². The van der Waals surface area contributed by atoms with Crippen LogP contribution in [-0.4, -0.2) is 44.7 Å². The molecule has 1 aliphatic rings. The first-order valence-corrected chi connectivity index (χ1v) is 9.33. The molecule has 1 heterocycles. The SMILES string of the molecule is CC(C(=O)O)N(C(=O)CSCc1coc(-c2ccccc2)n1)C1CC1. The van der Waals surface area contributed by atoms with Gasteiger partial charge in [0.25, 0.3) is 0 Å². The zero-order valence-electron chi connectivity index (χ0n) is 13.9. The van der Waals surface area contributed by atoms with E-state index in [0.29, 0.717) is 11.6 Å². The number of rotatable bonds is 8. The molecule has 3 rings (SSSR count). The lowest BCUT2D eigenvalue weighted by atomic mass is 10.2. The van der Waals surface area contributed by atoms with Crippen molar-refractivity contribution in [2.24, 2.45) is 0 Å². The number of amides is 1. The fourth-order valence-corrected chi connectivity index (χ4v) is 3.38. The fourth-order valence-electron chi connectivity index (χ4n) is 2.61. The van der Waals surface area contributed by atoms with Crippen LogP contribution in [0.5, 0.6) is 0 Å². The molecule has 1 unspecified atom stereocenters. The Hall–Kier alpha value is -2.28. The van der Waals surface area contributed by atoms with Crippen LogP contribution in [0.25, 0.3) is 11.5 Å². The van der Waals surface area contributed by atoms with Crippen molar-refractivity contribution < 1.29 is 19.1 Å². The van der Waals surface area contributed by atoms with Crippen LogP contribution in [0.4, 0.5) is 0 Å². The number of nitrogens with zero attached hydrogens (tertiary/aromatic N) is 2. The van der Waals surface area contributed by atoms with E-state index in [-0.39, 0.29) is 17.7 Å². The summed E-state index contributed by atoms with van der Waals surface area (Å²) in [4.78, 5) is 29.5. The molecule has 1 aromatic heterocycles. The van der Waals surface area contributed by atoms with E-state index in [1.165, 1.54) is 16.7 Å². The molecule has 1 saturated carbocycles. The summed E-state index contributed by atoms with van der Waals surface area (Å²) in [5.41, 5.74) is 1.67. The van der Waals surface area contributed by atoms with E-state index in [0.717, 1.165) is 24.1 Å². The van der Waals surface area contributed by atoms with Gasteiger partial charge in [-0.15, -0.1) is 11.8 Å². The number of aromatic nitrogens is 1. The van der Waals surface area contributed by atoms with Crippen LogP contribution < -0.4 is 0 Å². The number of benzene rings is 1. The minimum absolute atomic E-state index is 0.0796. The Bertz CT molecular complexity index is 743. The Morgan fingerprint density at radius 2 is 2.08 bits per heavy atom. The summed E-state index contributed by atoms with van der Waals surface area (Å²) in [7, 11) is 0. The summed E-state index contributed by atoms with van der Waals surface area (Å²) in [6.45, 7) is 1.56. The molecule has 0 saturated heterocycles. The van der Waals surface area contributed by atoms with Gasteiger partial charge in [0.05, 0.1) is 11.4 Å². The van der Waals surface area contributed by atoms with Crippen molar-refractivity contribution in [1.29, 1.82) is 0 Å². The number of carbonyl (C=O) groups excluding carboxylic acids is 1. The van der Waals surface area contributed by atoms with E-state index in [1.54, 1.807) is 13.2 Å². The maximum atomic E-state index is 12.4. The highest BCUT2D eigenvalue weighted by Gasteiger charge is 2.38. The molecule has 25 heavy (non-hydrogen) atoms. The molecule has 1 amide bonds. The number of aliphatic carboxylic acids is 1. The van der Waals surface area contributed by atoms with E-state index in [2.05, 4.69) is 4.98 Å². The summed E-state index contributed by atoms with van der Waals surface area (Å²) in [6, 6.07) is 8.91. The number of hydrogen-bond acceptors (Lipinski definition) is 5. The molecule has 1 N–H and O–H groups in total. The van der Waals surface area contributed by atoms with E-state index < -0.39 is 12.0 Å². The predicted octanol–water partition coefficient (Wildman–Crippen LogP) is 3.04. The minimum atomic E-state index is -0.964. The predicted molar refractivity (Wildman–Crippen MR) is 95.1 cm³/mol. The average Bonchev–Trinajstić information content (AvgIpc) is 3.32. The van der Waals surface area contributed by atoms with Gasteiger partial charge in [-0.2, -0.15) is 0 Å². The molecule has 0 aliphatic heterocycles. The molecular weight excluding hydrogens is 340 g/mol. The number of carboxylic acids is 1. The zero-order chi connectivity index (χ0) is 17.8. The van der Waals surface area contributed by atoms with Crippen molar-refractivity contribution >= 4 is 23.6 Å². The van der Waals surface area contributed by atoms with Crippen LogP contribution in [0.2, 0.25) is 0 Å². The molecule has 0 radical (unpaired) electrons. The lowest BCUT2D eigenvalue weighted by Crippen LogP contribution is -2.45. The van der Waals surface area contributed by atoms with Crippen LogP contribution in [0.15, 0.2) is 41.0 Å². The maximum absolute atomic E-state index is 12.4. The Morgan fingerprint density at radius 1 is 1.36 bits per heavy atom. The zero-order valence-corrected chi connectivity index (χ0v) is 14.7. The summed E-state index contributed by atoms with van der Waals surface area (Å²) in [6.07, 6.45) is 3.37. The van der Waals surface area contributed by atoms with Crippen LogP contribution in [0, 0.1) is 0 Å². The van der Waals surface area contributed by atoms with Crippen LogP contribution in [0.3, 0.4) is 0 Å². The second-order valence-electron chi connectivity index (χ2n) is 6.05. The molecule has 0 bridgehead atoms. The van der Waals surface area contributed by atoms with Crippen LogP contribution in [-0.2, 0) is 15.3 Å². The van der Waals surface area contributed by atoms with Crippen LogP contribution >= 0.6 is 11.8 Å². The van der Waals surface area contributed by atoms with Gasteiger partial charge in [0.1, 0.15) is 12.3 Å². The number of oxazole rings is 1. The summed E-state index contributed by atoms with van der Waals surface area (Å²) in [5, 5.41) is 9.17. The Kier molecular flexibility index (Phi) is 5.43. The van der Waals surface area contributed by atoms with E-state index in [9.17, 15) is 9.59 Å². The van der Waals surface area contributed by atoms with Crippen molar-refractivity contribution in [2.45, 2.75) is 37.6 Å². The first-order valence-electron chi connectivity index (χ1n) is 8.18. The first-order chi connectivity index (χ1) is 12.1. The van der Waals surface area contributed by atoms with Gasteiger partial charge in [0.15, 0.2) is 0 Å². The van der Waals surface area contributed by atoms with Gasteiger partial charge in [-0.05, 0) is 31.9 Å². The summed E-state index contributed by atoms with van der Waals surface area (Å²) >= 11 is 1.42. The van der Waals surface area contributed by atoms with Crippen molar-refractivity contribution in [3.63, 3.8) is 0 Å². The summed E-state index contributed by atoms with van der Waals surface area (Å²) in [5.74, 6) is 0.244. The number of thioether (sulfide) groups is 1. The fraction of sp³-hybridized carbons (Fsp3) is 0.389. The molecule has 6 nitrogen and oxygen atoms in total. The minimum Gasteiger partial charge on any atom is -0.480 e. The van der Waals surface area contributed by atoms with E-state index in [4.69, 9.17) is 9.52 Å². The molecule has 1 atom stereocenters. The Balaban J connectivity index is 1.53. The molecular formula is C18H20N2O4S. The van der Waals surface area contributed by atoms with E-state index >= 15 is 0 Å². The van der Waals surface area contributed by atoms with Gasteiger partial charge in [0.2, 0.25) is 11.8 Å². The highest BCUT2D eigenvalue weighted by atomic mass is 32.2. The third-order valence-electron chi connectivity index (χ3n) is 4.05. The average molecular weight is 360 g/mol. The van der Waals surface area contributed by atoms with Gasteiger partial charge < -0.3 is 14.4 Å². The molecule has 0 spiro atoms.